The number of carboxylic acid groups (broad SMARTS) is 1. The van der Waals surface area contributed by atoms with Gasteiger partial charge in [-0.2, -0.15) is 5.01 Å². The zero-order valence-corrected chi connectivity index (χ0v) is 8.90. The summed E-state index contributed by atoms with van der Waals surface area (Å²) >= 11 is 0. The maximum atomic E-state index is 11.3. The number of hydroxylamine groups is 1. The predicted octanol–water partition coefficient (Wildman–Crippen LogP) is -1.13. The van der Waals surface area contributed by atoms with Crippen molar-refractivity contribution in [3.8, 4) is 0 Å². The second kappa shape index (κ2) is 6.09. The molecule has 8 heteroatoms. The van der Waals surface area contributed by atoms with Crippen molar-refractivity contribution >= 4 is 17.8 Å². The third-order valence-electron chi connectivity index (χ3n) is 1.96. The van der Waals surface area contributed by atoms with Gasteiger partial charge in [-0.15, -0.1) is 0 Å². The molecule has 0 atom stereocenters. The van der Waals surface area contributed by atoms with Gasteiger partial charge < -0.3 is 10.2 Å². The molecule has 94 valence electrons. The average Bonchev–Trinajstić information content (AvgIpc) is 2.57. The lowest BCUT2D eigenvalue weighted by Gasteiger charge is -2.27. The zero-order valence-electron chi connectivity index (χ0n) is 8.90. The Balaban J connectivity index is 2.56. The molecule has 0 spiro atoms. The summed E-state index contributed by atoms with van der Waals surface area (Å²) in [5.74, 6) is -2.19. The Morgan fingerprint density at radius 1 is 1.35 bits per heavy atom. The van der Waals surface area contributed by atoms with Crippen LogP contribution < -0.4 is 0 Å². The number of aliphatic hydroxyl groups is 1. The first-order chi connectivity index (χ1) is 8.06. The van der Waals surface area contributed by atoms with Crippen molar-refractivity contribution in [2.45, 2.75) is 12.8 Å². The third kappa shape index (κ3) is 3.63. The molecule has 0 radical (unpaired) electrons. The Morgan fingerprint density at radius 3 is 2.41 bits per heavy atom. The van der Waals surface area contributed by atoms with Crippen LogP contribution >= 0.6 is 0 Å². The summed E-state index contributed by atoms with van der Waals surface area (Å²) in [6.45, 7) is -0.712. The number of rotatable bonds is 7. The number of amides is 2. The summed E-state index contributed by atoms with van der Waals surface area (Å²) in [5, 5.41) is 18.6. The number of carbonyl (C=O) groups excluding carboxylic acids is 2. The summed E-state index contributed by atoms with van der Waals surface area (Å²) in [4.78, 5) is 37.6. The molecule has 0 aromatic heterocycles. The summed E-state index contributed by atoms with van der Waals surface area (Å²) in [6.07, 6.45) is 2.17. The fourth-order valence-corrected chi connectivity index (χ4v) is 1.27. The fourth-order valence-electron chi connectivity index (χ4n) is 1.27. The summed E-state index contributed by atoms with van der Waals surface area (Å²) in [7, 11) is 0. The van der Waals surface area contributed by atoms with E-state index in [0.717, 1.165) is 17.3 Å². The minimum Gasteiger partial charge on any atom is -0.481 e. The van der Waals surface area contributed by atoms with Gasteiger partial charge in [0.05, 0.1) is 0 Å². The lowest BCUT2D eigenvalue weighted by Crippen LogP contribution is -2.47. The highest BCUT2D eigenvalue weighted by Gasteiger charge is 2.30. The number of aliphatic hydroxyl groups excluding tert-OH is 1. The van der Waals surface area contributed by atoms with Crippen LogP contribution in [0.25, 0.3) is 0 Å². The molecule has 0 fully saturated rings. The van der Waals surface area contributed by atoms with Crippen molar-refractivity contribution in [1.82, 2.24) is 10.2 Å². The van der Waals surface area contributed by atoms with E-state index in [9.17, 15) is 14.4 Å². The smallest absolute Gasteiger partial charge is 0.303 e. The molecular weight excluding hydrogens is 232 g/mol. The van der Waals surface area contributed by atoms with Crippen molar-refractivity contribution in [2.75, 3.05) is 13.3 Å². The van der Waals surface area contributed by atoms with E-state index in [0.29, 0.717) is 5.01 Å². The molecule has 1 aliphatic rings. The number of imide groups is 1. The Labute approximate surface area is 96.6 Å². The van der Waals surface area contributed by atoms with Crippen LogP contribution in [0.5, 0.6) is 0 Å². The molecule has 2 amide bonds. The van der Waals surface area contributed by atoms with Gasteiger partial charge in [-0.1, -0.05) is 5.17 Å². The van der Waals surface area contributed by atoms with Gasteiger partial charge in [0, 0.05) is 25.1 Å². The highest BCUT2D eigenvalue weighted by Crippen LogP contribution is 2.10. The lowest BCUT2D eigenvalue weighted by atomic mass is 10.3. The summed E-state index contributed by atoms with van der Waals surface area (Å²) < 4.78 is 0. The zero-order chi connectivity index (χ0) is 12.8. The molecular formula is C9H12N2O6. The van der Waals surface area contributed by atoms with E-state index in [1.807, 2.05) is 0 Å². The second-order valence-corrected chi connectivity index (χ2v) is 3.15. The molecule has 0 aromatic carbocycles. The maximum Gasteiger partial charge on any atom is 0.303 e. The largest absolute Gasteiger partial charge is 0.481 e. The van der Waals surface area contributed by atoms with Crippen LogP contribution in [-0.4, -0.2) is 51.5 Å². The van der Waals surface area contributed by atoms with Gasteiger partial charge in [-0.3, -0.25) is 19.2 Å². The van der Waals surface area contributed by atoms with E-state index in [1.54, 1.807) is 0 Å². The van der Waals surface area contributed by atoms with E-state index >= 15 is 0 Å². The monoisotopic (exact) mass is 244 g/mol. The Kier molecular flexibility index (Phi) is 4.76. The molecule has 0 saturated carbocycles. The van der Waals surface area contributed by atoms with Crippen molar-refractivity contribution in [1.29, 1.82) is 0 Å². The number of carboxylic acids is 1. The van der Waals surface area contributed by atoms with Crippen LogP contribution in [0.4, 0.5) is 0 Å². The van der Waals surface area contributed by atoms with Crippen LogP contribution in [0.15, 0.2) is 12.2 Å². The van der Waals surface area contributed by atoms with Crippen LogP contribution in [0.1, 0.15) is 12.8 Å². The Bertz CT molecular complexity index is 335. The first-order valence-electron chi connectivity index (χ1n) is 4.85. The Hall–Kier alpha value is -1.77. The SMILES string of the molecule is O=C(O)CCCN(OCO)N1C(=O)C=CC1=O. The minimum absolute atomic E-state index is 0.00597. The highest BCUT2D eigenvalue weighted by molar-refractivity contribution is 6.12. The molecule has 1 heterocycles. The topological polar surface area (TPSA) is 107 Å². The molecule has 1 aliphatic heterocycles. The van der Waals surface area contributed by atoms with Crippen molar-refractivity contribution < 1.29 is 29.4 Å². The quantitative estimate of drug-likeness (QED) is 0.331. The average molecular weight is 244 g/mol. The third-order valence-corrected chi connectivity index (χ3v) is 1.96. The first-order valence-corrected chi connectivity index (χ1v) is 4.85. The number of hydrogen-bond donors (Lipinski definition) is 2. The van der Waals surface area contributed by atoms with Gasteiger partial charge >= 0.3 is 5.97 Å². The second-order valence-electron chi connectivity index (χ2n) is 3.15. The molecule has 0 bridgehead atoms. The van der Waals surface area contributed by atoms with Gasteiger partial charge in [0.25, 0.3) is 11.8 Å². The number of hydrazine groups is 1. The molecule has 17 heavy (non-hydrogen) atoms. The maximum absolute atomic E-state index is 11.3. The molecule has 0 unspecified atom stereocenters. The van der Waals surface area contributed by atoms with Gasteiger partial charge in [-0.25, -0.2) is 0 Å². The van der Waals surface area contributed by atoms with E-state index < -0.39 is 24.6 Å². The molecule has 0 aliphatic carbocycles. The number of carbonyl (C=O) groups is 3. The van der Waals surface area contributed by atoms with Crippen LogP contribution in [0.3, 0.4) is 0 Å². The normalized spacial score (nSPS) is 15.1. The number of hydrogen-bond acceptors (Lipinski definition) is 6. The van der Waals surface area contributed by atoms with E-state index in [1.165, 1.54) is 0 Å². The Morgan fingerprint density at radius 2 is 1.94 bits per heavy atom. The van der Waals surface area contributed by atoms with Crippen LogP contribution in [-0.2, 0) is 19.2 Å². The van der Waals surface area contributed by atoms with Crippen molar-refractivity contribution in [3.05, 3.63) is 12.2 Å². The number of aliphatic carboxylic acids is 1. The van der Waals surface area contributed by atoms with Gasteiger partial charge in [0.2, 0.25) is 0 Å². The standard InChI is InChI=1S/C9H12N2O6/c12-6-17-10(5-1-2-9(15)16)11-7(13)3-4-8(11)14/h3-4,12H,1-2,5-6H2,(H,15,16). The van der Waals surface area contributed by atoms with Gasteiger partial charge in [0.15, 0.2) is 6.79 Å². The molecule has 0 saturated heterocycles. The predicted molar refractivity (Wildman–Crippen MR) is 52.7 cm³/mol. The first kappa shape index (κ1) is 13.3. The molecule has 0 aromatic rings. The highest BCUT2D eigenvalue weighted by atomic mass is 16.8. The van der Waals surface area contributed by atoms with Crippen molar-refractivity contribution in [3.63, 3.8) is 0 Å². The van der Waals surface area contributed by atoms with Crippen molar-refractivity contribution in [2.24, 2.45) is 0 Å². The van der Waals surface area contributed by atoms with Crippen LogP contribution in [0.2, 0.25) is 0 Å². The van der Waals surface area contributed by atoms with Crippen LogP contribution in [0, 0.1) is 0 Å². The van der Waals surface area contributed by atoms with E-state index in [4.69, 9.17) is 10.2 Å². The van der Waals surface area contributed by atoms with Gasteiger partial charge in [-0.05, 0) is 6.42 Å². The molecule has 2 N–H and O–H groups in total. The lowest BCUT2D eigenvalue weighted by molar-refractivity contribution is -0.290. The molecule has 1 rings (SSSR count). The minimum atomic E-state index is -0.994. The molecule has 8 nitrogen and oxygen atoms in total. The van der Waals surface area contributed by atoms with Gasteiger partial charge in [0.1, 0.15) is 0 Å². The number of nitrogens with zero attached hydrogens (tertiary/aromatic N) is 2. The summed E-state index contributed by atoms with van der Waals surface area (Å²) in [5.41, 5.74) is 0. The summed E-state index contributed by atoms with van der Waals surface area (Å²) in [6, 6.07) is 0. The fraction of sp³-hybridized carbons (Fsp3) is 0.444. The van der Waals surface area contributed by atoms with E-state index in [2.05, 4.69) is 4.84 Å². The van der Waals surface area contributed by atoms with E-state index in [-0.39, 0.29) is 19.4 Å².